The maximum Gasteiger partial charge on any atom is 0.270 e. The van der Waals surface area contributed by atoms with Crippen LogP contribution in [0.2, 0.25) is 10.0 Å². The fourth-order valence-corrected chi connectivity index (χ4v) is 3.09. The van der Waals surface area contributed by atoms with Gasteiger partial charge in [0.1, 0.15) is 0 Å². The van der Waals surface area contributed by atoms with Crippen molar-refractivity contribution in [1.29, 1.82) is 0 Å². The first kappa shape index (κ1) is 16.4. The van der Waals surface area contributed by atoms with Crippen molar-refractivity contribution in [3.63, 3.8) is 0 Å². The van der Waals surface area contributed by atoms with Crippen molar-refractivity contribution in [1.82, 2.24) is 25.6 Å². The summed E-state index contributed by atoms with van der Waals surface area (Å²) in [4.78, 5) is 17.4. The second kappa shape index (κ2) is 6.70. The molecule has 7 nitrogen and oxygen atoms in total. The molecule has 2 aromatic carbocycles. The highest BCUT2D eigenvalue weighted by Crippen LogP contribution is 2.32. The van der Waals surface area contributed by atoms with Gasteiger partial charge in [0.15, 0.2) is 0 Å². The molecule has 0 aliphatic carbocycles. The molecule has 0 aliphatic rings. The van der Waals surface area contributed by atoms with Gasteiger partial charge in [-0.2, -0.15) is 5.21 Å². The third-order valence-corrected chi connectivity index (χ3v) is 4.29. The molecular formula is C17H10Cl2N6O. The van der Waals surface area contributed by atoms with Crippen LogP contribution in [0.1, 0.15) is 10.4 Å². The summed E-state index contributed by atoms with van der Waals surface area (Å²) in [6, 6.07) is 14.1. The van der Waals surface area contributed by atoms with E-state index in [0.717, 1.165) is 0 Å². The van der Waals surface area contributed by atoms with Crippen LogP contribution in [0.3, 0.4) is 0 Å². The number of nitrogens with one attached hydrogen (secondary N) is 2. The number of tetrazole rings is 1. The van der Waals surface area contributed by atoms with Gasteiger partial charge in [0.25, 0.3) is 11.9 Å². The normalized spacial score (nSPS) is 10.8. The molecule has 2 heterocycles. The van der Waals surface area contributed by atoms with E-state index in [1.807, 2.05) is 24.3 Å². The number of halogens is 2. The molecule has 0 atom stereocenters. The quantitative estimate of drug-likeness (QED) is 0.556. The molecule has 0 radical (unpaired) electrons. The van der Waals surface area contributed by atoms with E-state index in [1.54, 1.807) is 24.3 Å². The van der Waals surface area contributed by atoms with Gasteiger partial charge >= 0.3 is 0 Å². The molecule has 4 rings (SSSR count). The Balaban J connectivity index is 1.87. The zero-order chi connectivity index (χ0) is 18.1. The summed E-state index contributed by atoms with van der Waals surface area (Å²) < 4.78 is 0. The van der Waals surface area contributed by atoms with Gasteiger partial charge in [0.2, 0.25) is 0 Å². The second-order valence-corrected chi connectivity index (χ2v) is 6.23. The third kappa shape index (κ3) is 3.10. The monoisotopic (exact) mass is 384 g/mol. The van der Waals surface area contributed by atoms with Gasteiger partial charge < -0.3 is 0 Å². The fraction of sp³-hybridized carbons (Fsp3) is 0. The minimum absolute atomic E-state index is 0.0852. The van der Waals surface area contributed by atoms with Gasteiger partial charge in [-0.15, -0.1) is 5.10 Å². The van der Waals surface area contributed by atoms with E-state index in [-0.39, 0.29) is 11.9 Å². The summed E-state index contributed by atoms with van der Waals surface area (Å²) in [5.41, 5.74) is 2.31. The van der Waals surface area contributed by atoms with Gasteiger partial charge in [0, 0.05) is 16.0 Å². The highest BCUT2D eigenvalue weighted by Gasteiger charge is 2.16. The van der Waals surface area contributed by atoms with Crippen LogP contribution in [0.5, 0.6) is 0 Å². The molecule has 0 unspecified atom stereocenters. The molecule has 0 saturated heterocycles. The summed E-state index contributed by atoms with van der Waals surface area (Å²) in [5, 5.41) is 17.4. The third-order valence-electron chi connectivity index (χ3n) is 3.74. The average molecular weight is 385 g/mol. The lowest BCUT2D eigenvalue weighted by atomic mass is 10.0. The van der Waals surface area contributed by atoms with Crippen LogP contribution in [0.15, 0.2) is 48.5 Å². The van der Waals surface area contributed by atoms with Crippen LogP contribution in [0.25, 0.3) is 22.2 Å². The molecule has 0 saturated carbocycles. The van der Waals surface area contributed by atoms with Crippen molar-refractivity contribution in [2.75, 3.05) is 5.32 Å². The van der Waals surface area contributed by atoms with Crippen molar-refractivity contribution in [2.45, 2.75) is 0 Å². The number of fused-ring (bicyclic) bond motifs is 1. The topological polar surface area (TPSA) is 96.5 Å². The number of pyridine rings is 1. The van der Waals surface area contributed by atoms with Crippen LogP contribution < -0.4 is 5.32 Å². The molecule has 4 aromatic rings. The molecule has 0 bridgehead atoms. The van der Waals surface area contributed by atoms with Gasteiger partial charge in [-0.1, -0.05) is 46.5 Å². The van der Waals surface area contributed by atoms with E-state index in [0.29, 0.717) is 37.8 Å². The predicted octanol–water partition coefficient (Wildman–Crippen LogP) is 3.97. The van der Waals surface area contributed by atoms with Crippen molar-refractivity contribution >= 4 is 46.0 Å². The Hall–Kier alpha value is -3.03. The molecule has 0 aliphatic heterocycles. The number of aromatic nitrogens is 5. The van der Waals surface area contributed by atoms with Gasteiger partial charge in [-0.25, -0.2) is 4.98 Å². The highest BCUT2D eigenvalue weighted by atomic mass is 35.5. The Labute approximate surface area is 157 Å². The van der Waals surface area contributed by atoms with Gasteiger partial charge in [0.05, 0.1) is 21.8 Å². The van der Waals surface area contributed by atoms with E-state index >= 15 is 0 Å². The fourth-order valence-electron chi connectivity index (χ4n) is 2.58. The van der Waals surface area contributed by atoms with E-state index in [9.17, 15) is 4.79 Å². The number of nitrogens with zero attached hydrogens (tertiary/aromatic N) is 4. The molecule has 26 heavy (non-hydrogen) atoms. The van der Waals surface area contributed by atoms with Gasteiger partial charge in [-0.05, 0) is 35.5 Å². The van der Waals surface area contributed by atoms with Crippen LogP contribution in [-0.2, 0) is 0 Å². The minimum Gasteiger partial charge on any atom is -0.288 e. The molecule has 128 valence electrons. The predicted molar refractivity (Wildman–Crippen MR) is 99.3 cm³/mol. The molecular weight excluding hydrogens is 375 g/mol. The summed E-state index contributed by atoms with van der Waals surface area (Å²) in [6.45, 7) is 0. The Bertz CT molecular complexity index is 1110. The molecule has 2 aromatic heterocycles. The largest absolute Gasteiger partial charge is 0.288 e. The van der Waals surface area contributed by atoms with E-state index in [2.05, 4.69) is 30.9 Å². The van der Waals surface area contributed by atoms with Crippen LogP contribution in [-0.4, -0.2) is 31.5 Å². The molecule has 1 amide bonds. The Kier molecular flexibility index (Phi) is 4.24. The molecule has 9 heteroatoms. The van der Waals surface area contributed by atoms with Crippen molar-refractivity contribution in [3.8, 4) is 11.3 Å². The second-order valence-electron chi connectivity index (χ2n) is 5.39. The zero-order valence-electron chi connectivity index (χ0n) is 13.1. The number of H-pyrrole nitrogens is 1. The van der Waals surface area contributed by atoms with Crippen molar-refractivity contribution in [3.05, 3.63) is 64.1 Å². The summed E-state index contributed by atoms with van der Waals surface area (Å²) in [7, 11) is 0. The number of hydrogen-bond acceptors (Lipinski definition) is 5. The number of hydrogen-bond donors (Lipinski definition) is 2. The van der Waals surface area contributed by atoms with Crippen LogP contribution >= 0.6 is 23.2 Å². The molecule has 2 N–H and O–H groups in total. The summed E-state index contributed by atoms with van der Waals surface area (Å²) in [6.07, 6.45) is 0. The number of benzene rings is 2. The Morgan fingerprint density at radius 3 is 2.69 bits per heavy atom. The maximum atomic E-state index is 12.7. The van der Waals surface area contributed by atoms with E-state index in [1.165, 1.54) is 0 Å². The Morgan fingerprint density at radius 1 is 1.08 bits per heavy atom. The van der Waals surface area contributed by atoms with Crippen LogP contribution in [0, 0.1) is 0 Å². The zero-order valence-corrected chi connectivity index (χ0v) is 14.6. The number of rotatable bonds is 3. The van der Waals surface area contributed by atoms with Gasteiger partial charge in [-0.3, -0.25) is 10.1 Å². The smallest absolute Gasteiger partial charge is 0.270 e. The molecule has 0 fully saturated rings. The maximum absolute atomic E-state index is 12.7. The number of carbonyl (C=O) groups is 1. The van der Waals surface area contributed by atoms with Crippen LogP contribution in [0.4, 0.5) is 5.95 Å². The molecule has 0 spiro atoms. The van der Waals surface area contributed by atoms with E-state index in [4.69, 9.17) is 23.2 Å². The standard InChI is InChI=1S/C17H10Cl2N6O/c18-9-5-6-11(13(19)7-9)15-8-12(10-3-1-2-4-14(10)20-15)16(26)21-17-22-24-25-23-17/h1-8H,(H2,21,22,23,24,25,26). The number of aromatic amines is 1. The average Bonchev–Trinajstić information content (AvgIpc) is 3.13. The number of anilines is 1. The summed E-state index contributed by atoms with van der Waals surface area (Å²) >= 11 is 12.3. The highest BCUT2D eigenvalue weighted by molar-refractivity contribution is 6.36. The summed E-state index contributed by atoms with van der Waals surface area (Å²) in [5.74, 6) is -0.293. The lowest BCUT2D eigenvalue weighted by molar-refractivity contribution is 0.102. The number of carbonyl (C=O) groups excluding carboxylic acids is 1. The minimum atomic E-state index is -0.378. The lowest BCUT2D eigenvalue weighted by Gasteiger charge is -2.10. The first-order valence-corrected chi connectivity index (χ1v) is 8.27. The SMILES string of the molecule is O=C(Nc1nn[nH]n1)c1cc(-c2ccc(Cl)cc2Cl)nc2ccccc12. The van der Waals surface area contributed by atoms with E-state index < -0.39 is 0 Å². The lowest BCUT2D eigenvalue weighted by Crippen LogP contribution is -2.14. The number of amides is 1. The van der Waals surface area contributed by atoms with Crippen molar-refractivity contribution < 1.29 is 4.79 Å². The first-order valence-electron chi connectivity index (χ1n) is 7.52. The van der Waals surface area contributed by atoms with Crippen molar-refractivity contribution in [2.24, 2.45) is 0 Å². The first-order chi connectivity index (χ1) is 12.6. The number of para-hydroxylation sites is 1. The Morgan fingerprint density at radius 2 is 1.92 bits per heavy atom.